The lowest BCUT2D eigenvalue weighted by Gasteiger charge is -2.35. The van der Waals surface area contributed by atoms with Crippen LogP contribution in [-0.4, -0.2) is 68.8 Å². The highest BCUT2D eigenvalue weighted by molar-refractivity contribution is 5.96. The Bertz CT molecular complexity index is 937. The Balaban J connectivity index is 1.40. The Hall–Kier alpha value is -3.42. The maximum absolute atomic E-state index is 12.8. The molecule has 0 saturated carbocycles. The fourth-order valence-corrected chi connectivity index (χ4v) is 3.48. The number of hydrogen-bond donors (Lipinski definition) is 0. The van der Waals surface area contributed by atoms with Crippen LogP contribution in [0, 0.1) is 0 Å². The fourth-order valence-electron chi connectivity index (χ4n) is 3.48. The van der Waals surface area contributed by atoms with Crippen molar-refractivity contribution in [1.29, 1.82) is 0 Å². The third kappa shape index (κ3) is 3.65. The van der Waals surface area contributed by atoms with Gasteiger partial charge in [-0.25, -0.2) is 0 Å². The average Bonchev–Trinajstić information content (AvgIpc) is 3.25. The van der Waals surface area contributed by atoms with Gasteiger partial charge >= 0.3 is 0 Å². The topological polar surface area (TPSA) is 77.5 Å². The Morgan fingerprint density at radius 3 is 1.93 bits per heavy atom. The molecule has 29 heavy (non-hydrogen) atoms. The lowest BCUT2D eigenvalue weighted by molar-refractivity contribution is 0.0535. The number of piperazine rings is 1. The quantitative estimate of drug-likeness (QED) is 0.784. The molecule has 4 rings (SSSR count). The van der Waals surface area contributed by atoms with Crippen molar-refractivity contribution >= 4 is 11.8 Å². The van der Waals surface area contributed by atoms with Crippen molar-refractivity contribution in [2.45, 2.75) is 0 Å². The Morgan fingerprint density at radius 2 is 1.31 bits per heavy atom. The number of rotatable bonds is 4. The van der Waals surface area contributed by atoms with Crippen molar-refractivity contribution in [3.63, 3.8) is 0 Å². The van der Waals surface area contributed by atoms with Crippen LogP contribution in [0.15, 0.2) is 36.4 Å². The smallest absolute Gasteiger partial charge is 0.254 e. The molecule has 152 valence electrons. The second-order valence-corrected chi connectivity index (χ2v) is 6.72. The van der Waals surface area contributed by atoms with E-state index in [0.29, 0.717) is 60.3 Å². The standard InChI is InChI=1S/C21H22N2O6/c1-26-16-5-3-14(11-18(16)27-2)20(24)22-7-9-23(10-8-22)21(25)15-4-6-17-19(12-15)29-13-28-17/h3-6,11-12H,7-10,13H2,1-2H3. The van der Waals surface area contributed by atoms with Gasteiger partial charge in [-0.3, -0.25) is 9.59 Å². The maximum atomic E-state index is 12.8. The predicted octanol–water partition coefficient (Wildman–Crippen LogP) is 2.03. The molecular formula is C21H22N2O6. The molecule has 0 radical (unpaired) electrons. The first-order chi connectivity index (χ1) is 14.1. The van der Waals surface area contributed by atoms with E-state index in [1.807, 2.05) is 0 Å². The van der Waals surface area contributed by atoms with E-state index >= 15 is 0 Å². The molecule has 2 heterocycles. The maximum Gasteiger partial charge on any atom is 0.254 e. The predicted molar refractivity (Wildman–Crippen MR) is 104 cm³/mol. The van der Waals surface area contributed by atoms with Gasteiger partial charge in [-0.2, -0.15) is 0 Å². The van der Waals surface area contributed by atoms with Crippen LogP contribution >= 0.6 is 0 Å². The van der Waals surface area contributed by atoms with E-state index in [2.05, 4.69) is 0 Å². The Kier molecular flexibility index (Phi) is 5.16. The number of fused-ring (bicyclic) bond motifs is 1. The summed E-state index contributed by atoms with van der Waals surface area (Å²) in [5.41, 5.74) is 1.08. The molecule has 2 aliphatic rings. The molecule has 0 spiro atoms. The second-order valence-electron chi connectivity index (χ2n) is 6.72. The van der Waals surface area contributed by atoms with Crippen LogP contribution in [0.1, 0.15) is 20.7 Å². The molecule has 8 heteroatoms. The van der Waals surface area contributed by atoms with Gasteiger partial charge in [0.05, 0.1) is 14.2 Å². The number of methoxy groups -OCH3 is 2. The van der Waals surface area contributed by atoms with Gasteiger partial charge in [0.25, 0.3) is 11.8 Å². The fraction of sp³-hybridized carbons (Fsp3) is 0.333. The SMILES string of the molecule is COc1ccc(C(=O)N2CCN(C(=O)c3ccc4c(c3)OCO4)CC2)cc1OC. The van der Waals surface area contributed by atoms with Crippen LogP contribution < -0.4 is 18.9 Å². The van der Waals surface area contributed by atoms with Crippen LogP contribution in [0.2, 0.25) is 0 Å². The molecule has 1 saturated heterocycles. The number of hydrogen-bond acceptors (Lipinski definition) is 6. The van der Waals surface area contributed by atoms with Gasteiger partial charge in [0.1, 0.15) is 0 Å². The molecule has 0 atom stereocenters. The molecule has 8 nitrogen and oxygen atoms in total. The zero-order chi connectivity index (χ0) is 20.4. The number of amides is 2. The summed E-state index contributed by atoms with van der Waals surface area (Å²) in [6, 6.07) is 10.3. The van der Waals surface area contributed by atoms with Gasteiger partial charge in [0.2, 0.25) is 6.79 Å². The van der Waals surface area contributed by atoms with Gasteiger partial charge in [-0.05, 0) is 36.4 Å². The molecule has 2 amide bonds. The minimum absolute atomic E-state index is 0.0819. The minimum Gasteiger partial charge on any atom is -0.493 e. The molecule has 0 unspecified atom stereocenters. The van der Waals surface area contributed by atoms with E-state index in [9.17, 15) is 9.59 Å². The lowest BCUT2D eigenvalue weighted by atomic mass is 10.1. The van der Waals surface area contributed by atoms with Crippen LogP contribution in [0.5, 0.6) is 23.0 Å². The summed E-state index contributed by atoms with van der Waals surface area (Å²) in [7, 11) is 3.09. The summed E-state index contributed by atoms with van der Waals surface area (Å²) in [5.74, 6) is 2.13. The first kappa shape index (κ1) is 18.9. The van der Waals surface area contributed by atoms with E-state index in [1.54, 1.807) is 53.3 Å². The zero-order valence-corrected chi connectivity index (χ0v) is 16.3. The van der Waals surface area contributed by atoms with Gasteiger partial charge < -0.3 is 28.7 Å². The summed E-state index contributed by atoms with van der Waals surface area (Å²) in [6.07, 6.45) is 0. The lowest BCUT2D eigenvalue weighted by Crippen LogP contribution is -2.50. The second kappa shape index (κ2) is 7.90. The number of carbonyl (C=O) groups excluding carboxylic acids is 2. The third-order valence-corrected chi connectivity index (χ3v) is 5.10. The van der Waals surface area contributed by atoms with E-state index in [4.69, 9.17) is 18.9 Å². The highest BCUT2D eigenvalue weighted by Crippen LogP contribution is 2.33. The summed E-state index contributed by atoms with van der Waals surface area (Å²) in [4.78, 5) is 29.1. The van der Waals surface area contributed by atoms with Gasteiger partial charge in [0, 0.05) is 37.3 Å². The number of benzene rings is 2. The molecular weight excluding hydrogens is 376 g/mol. The van der Waals surface area contributed by atoms with Crippen LogP contribution in [0.25, 0.3) is 0 Å². The third-order valence-electron chi connectivity index (χ3n) is 5.10. The van der Waals surface area contributed by atoms with E-state index < -0.39 is 0 Å². The van der Waals surface area contributed by atoms with E-state index in [0.717, 1.165) is 0 Å². The minimum atomic E-state index is -0.0962. The molecule has 2 aromatic carbocycles. The normalized spacial score (nSPS) is 15.2. The molecule has 0 aromatic heterocycles. The Morgan fingerprint density at radius 1 is 0.759 bits per heavy atom. The van der Waals surface area contributed by atoms with E-state index in [1.165, 1.54) is 7.11 Å². The van der Waals surface area contributed by atoms with Gasteiger partial charge in [0.15, 0.2) is 23.0 Å². The van der Waals surface area contributed by atoms with Crippen molar-refractivity contribution in [3.8, 4) is 23.0 Å². The summed E-state index contributed by atoms with van der Waals surface area (Å²) >= 11 is 0. The van der Waals surface area contributed by atoms with Gasteiger partial charge in [-0.1, -0.05) is 0 Å². The van der Waals surface area contributed by atoms with Gasteiger partial charge in [-0.15, -0.1) is 0 Å². The highest BCUT2D eigenvalue weighted by Gasteiger charge is 2.27. The molecule has 1 fully saturated rings. The van der Waals surface area contributed by atoms with Crippen molar-refractivity contribution < 1.29 is 28.5 Å². The number of carbonyl (C=O) groups is 2. The monoisotopic (exact) mass is 398 g/mol. The molecule has 2 aromatic rings. The van der Waals surface area contributed by atoms with Crippen LogP contribution in [-0.2, 0) is 0 Å². The Labute approximate surface area is 168 Å². The van der Waals surface area contributed by atoms with Crippen molar-refractivity contribution in [1.82, 2.24) is 9.80 Å². The van der Waals surface area contributed by atoms with E-state index in [-0.39, 0.29) is 18.6 Å². The molecule has 2 aliphatic heterocycles. The van der Waals surface area contributed by atoms with Crippen molar-refractivity contribution in [2.24, 2.45) is 0 Å². The largest absolute Gasteiger partial charge is 0.493 e. The average molecular weight is 398 g/mol. The number of ether oxygens (including phenoxy) is 4. The van der Waals surface area contributed by atoms with Crippen molar-refractivity contribution in [2.75, 3.05) is 47.2 Å². The van der Waals surface area contributed by atoms with Crippen molar-refractivity contribution in [3.05, 3.63) is 47.5 Å². The summed E-state index contributed by atoms with van der Waals surface area (Å²) in [5, 5.41) is 0. The zero-order valence-electron chi connectivity index (χ0n) is 16.3. The molecule has 0 N–H and O–H groups in total. The molecule has 0 bridgehead atoms. The molecule has 0 aliphatic carbocycles. The first-order valence-corrected chi connectivity index (χ1v) is 9.31. The first-order valence-electron chi connectivity index (χ1n) is 9.31. The number of nitrogens with zero attached hydrogens (tertiary/aromatic N) is 2. The summed E-state index contributed by atoms with van der Waals surface area (Å²) < 4.78 is 21.1. The summed E-state index contributed by atoms with van der Waals surface area (Å²) in [6.45, 7) is 2.02. The van der Waals surface area contributed by atoms with Crippen LogP contribution in [0.3, 0.4) is 0 Å². The van der Waals surface area contributed by atoms with Crippen LogP contribution in [0.4, 0.5) is 0 Å². The highest BCUT2D eigenvalue weighted by atomic mass is 16.7.